The molecule has 5 nitrogen and oxygen atoms in total. The van der Waals surface area contributed by atoms with Crippen molar-refractivity contribution in [2.75, 3.05) is 27.2 Å². The highest BCUT2D eigenvalue weighted by Crippen LogP contribution is 2.22. The lowest BCUT2D eigenvalue weighted by atomic mass is 10.1. The molecule has 1 fully saturated rings. The molecule has 0 saturated carbocycles. The van der Waals surface area contributed by atoms with Gasteiger partial charge < -0.3 is 20.6 Å². The average Bonchev–Trinajstić information content (AvgIpc) is 3.00. The van der Waals surface area contributed by atoms with Crippen LogP contribution in [-0.4, -0.2) is 55.2 Å². The van der Waals surface area contributed by atoms with Crippen molar-refractivity contribution in [3.8, 4) is 0 Å². The Hall–Kier alpha value is -0.950. The van der Waals surface area contributed by atoms with E-state index >= 15 is 0 Å². The predicted molar refractivity (Wildman–Crippen MR) is 76.2 cm³/mol. The summed E-state index contributed by atoms with van der Waals surface area (Å²) in [5.74, 6) is -0.0278. The number of carbonyl (C=O) groups is 1. The van der Waals surface area contributed by atoms with Gasteiger partial charge in [-0.3, -0.25) is 4.79 Å². The number of thiophene rings is 1. The van der Waals surface area contributed by atoms with Crippen LogP contribution in [0.2, 0.25) is 0 Å². The van der Waals surface area contributed by atoms with Crippen LogP contribution in [0.3, 0.4) is 0 Å². The molecule has 19 heavy (non-hydrogen) atoms. The summed E-state index contributed by atoms with van der Waals surface area (Å²) in [5.41, 5.74) is 0. The number of aliphatic hydroxyl groups is 1. The maximum absolute atomic E-state index is 12.0. The molecule has 0 unspecified atom stereocenters. The summed E-state index contributed by atoms with van der Waals surface area (Å²) in [4.78, 5) is 15.3. The van der Waals surface area contributed by atoms with Gasteiger partial charge in [-0.2, -0.15) is 0 Å². The zero-order valence-electron chi connectivity index (χ0n) is 11.3. The largest absolute Gasteiger partial charge is 0.392 e. The fourth-order valence-corrected chi connectivity index (χ4v) is 3.18. The van der Waals surface area contributed by atoms with Crippen molar-refractivity contribution in [2.24, 2.45) is 0 Å². The van der Waals surface area contributed by atoms with E-state index in [4.69, 9.17) is 0 Å². The number of hydrogen-bond donors (Lipinski definition) is 3. The number of rotatable bonds is 5. The second-order valence-electron chi connectivity index (χ2n) is 5.09. The van der Waals surface area contributed by atoms with E-state index in [-0.39, 0.29) is 18.0 Å². The summed E-state index contributed by atoms with van der Waals surface area (Å²) < 4.78 is 0. The van der Waals surface area contributed by atoms with Gasteiger partial charge in [0.25, 0.3) is 0 Å². The number of likely N-dealkylation sites (N-methyl/N-ethyl adjacent to an activating group) is 1. The number of hydrogen-bond acceptors (Lipinski definition) is 5. The highest BCUT2D eigenvalue weighted by molar-refractivity contribution is 7.10. The molecule has 6 heteroatoms. The second kappa shape index (κ2) is 6.47. The van der Waals surface area contributed by atoms with Crippen LogP contribution in [0.25, 0.3) is 0 Å². The molecule has 1 aliphatic rings. The van der Waals surface area contributed by atoms with Crippen LogP contribution in [0.4, 0.5) is 0 Å². The van der Waals surface area contributed by atoms with Crippen LogP contribution >= 0.6 is 11.3 Å². The molecule has 0 aliphatic carbocycles. The summed E-state index contributed by atoms with van der Waals surface area (Å²) in [5, 5.41) is 17.4. The van der Waals surface area contributed by atoms with Gasteiger partial charge in [-0.05, 0) is 32.0 Å². The first-order valence-corrected chi connectivity index (χ1v) is 7.35. The SMILES string of the molecule is CN(C)[C@H](CNC(=O)[C@H]1C[C@@H](O)CN1)c1cccs1. The predicted octanol–water partition coefficient (Wildman–Crippen LogP) is 0.190. The Balaban J connectivity index is 1.87. The van der Waals surface area contributed by atoms with Crippen molar-refractivity contribution in [3.05, 3.63) is 22.4 Å². The van der Waals surface area contributed by atoms with Crippen LogP contribution in [0.1, 0.15) is 17.3 Å². The van der Waals surface area contributed by atoms with Gasteiger partial charge in [0.2, 0.25) is 5.91 Å². The van der Waals surface area contributed by atoms with Gasteiger partial charge in [-0.25, -0.2) is 0 Å². The van der Waals surface area contributed by atoms with Gasteiger partial charge in [0.1, 0.15) is 0 Å². The van der Waals surface area contributed by atoms with Gasteiger partial charge in [0, 0.05) is 18.0 Å². The molecular weight excluding hydrogens is 262 g/mol. The monoisotopic (exact) mass is 283 g/mol. The summed E-state index contributed by atoms with van der Waals surface area (Å²) in [7, 11) is 4.02. The summed E-state index contributed by atoms with van der Waals surface area (Å²) in [6.07, 6.45) is 0.0926. The first-order chi connectivity index (χ1) is 9.08. The highest BCUT2D eigenvalue weighted by Gasteiger charge is 2.28. The zero-order chi connectivity index (χ0) is 13.8. The number of β-amino-alcohol motifs (C(OH)–C–C–N with tert-alkyl or cyclic N) is 1. The number of aliphatic hydroxyl groups excluding tert-OH is 1. The molecular formula is C13H21N3O2S. The fraction of sp³-hybridized carbons (Fsp3) is 0.615. The molecule has 1 aliphatic heterocycles. The maximum Gasteiger partial charge on any atom is 0.237 e. The van der Waals surface area contributed by atoms with Gasteiger partial charge >= 0.3 is 0 Å². The number of nitrogens with one attached hydrogen (secondary N) is 2. The Kier molecular flexibility index (Phi) is 4.93. The minimum atomic E-state index is -0.405. The number of amides is 1. The lowest BCUT2D eigenvalue weighted by Crippen LogP contribution is -2.43. The van der Waals surface area contributed by atoms with E-state index in [0.29, 0.717) is 19.5 Å². The Bertz CT molecular complexity index is 408. The molecule has 2 heterocycles. The molecule has 0 aromatic carbocycles. The van der Waals surface area contributed by atoms with Crippen molar-refractivity contribution in [1.29, 1.82) is 0 Å². The fourth-order valence-electron chi connectivity index (χ4n) is 2.26. The molecule has 106 valence electrons. The smallest absolute Gasteiger partial charge is 0.237 e. The van der Waals surface area contributed by atoms with E-state index in [2.05, 4.69) is 21.6 Å². The lowest BCUT2D eigenvalue weighted by Gasteiger charge is -2.24. The molecule has 0 radical (unpaired) electrons. The summed E-state index contributed by atoms with van der Waals surface area (Å²) in [6.45, 7) is 1.08. The topological polar surface area (TPSA) is 64.6 Å². The van der Waals surface area contributed by atoms with Crippen LogP contribution in [0, 0.1) is 0 Å². The third-order valence-corrected chi connectivity index (χ3v) is 4.36. The second-order valence-corrected chi connectivity index (χ2v) is 6.07. The molecule has 0 bridgehead atoms. The molecule has 3 atom stereocenters. The van der Waals surface area contributed by atoms with E-state index < -0.39 is 6.10 Å². The Morgan fingerprint density at radius 3 is 3.00 bits per heavy atom. The molecule has 1 saturated heterocycles. The van der Waals surface area contributed by atoms with Crippen LogP contribution in [-0.2, 0) is 4.79 Å². The van der Waals surface area contributed by atoms with E-state index in [1.54, 1.807) is 11.3 Å². The van der Waals surface area contributed by atoms with Gasteiger partial charge in [0.15, 0.2) is 0 Å². The molecule has 1 aromatic rings. The molecule has 0 spiro atoms. The van der Waals surface area contributed by atoms with Crippen molar-refractivity contribution in [3.63, 3.8) is 0 Å². The molecule has 1 aromatic heterocycles. The maximum atomic E-state index is 12.0. The Morgan fingerprint density at radius 2 is 2.47 bits per heavy atom. The Morgan fingerprint density at radius 1 is 1.68 bits per heavy atom. The third-order valence-electron chi connectivity index (χ3n) is 3.39. The van der Waals surface area contributed by atoms with Gasteiger partial charge in [0.05, 0.1) is 18.2 Å². The van der Waals surface area contributed by atoms with E-state index in [1.165, 1.54) is 4.88 Å². The van der Waals surface area contributed by atoms with Crippen molar-refractivity contribution < 1.29 is 9.90 Å². The summed E-state index contributed by atoms with van der Waals surface area (Å²) >= 11 is 1.70. The molecule has 3 N–H and O–H groups in total. The van der Waals surface area contributed by atoms with E-state index in [1.807, 2.05) is 25.5 Å². The lowest BCUT2D eigenvalue weighted by molar-refractivity contribution is -0.123. The molecule has 2 rings (SSSR count). The standard InChI is InChI=1S/C13H21N3O2S/c1-16(2)11(12-4-3-5-19-12)8-15-13(18)10-6-9(17)7-14-10/h3-5,9-11,14,17H,6-8H2,1-2H3,(H,15,18)/t9-,10-,11-/m1/s1. The normalized spacial score (nSPS) is 24.6. The van der Waals surface area contributed by atoms with Crippen molar-refractivity contribution in [2.45, 2.75) is 24.6 Å². The van der Waals surface area contributed by atoms with Crippen LogP contribution in [0.15, 0.2) is 17.5 Å². The third kappa shape index (κ3) is 3.76. The number of carbonyl (C=O) groups excluding carboxylic acids is 1. The van der Waals surface area contributed by atoms with Crippen LogP contribution < -0.4 is 10.6 Å². The Labute approximate surface area is 117 Å². The van der Waals surface area contributed by atoms with Gasteiger partial charge in [-0.15, -0.1) is 11.3 Å². The highest BCUT2D eigenvalue weighted by atomic mass is 32.1. The minimum Gasteiger partial charge on any atom is -0.392 e. The van der Waals surface area contributed by atoms with Crippen molar-refractivity contribution >= 4 is 17.2 Å². The van der Waals surface area contributed by atoms with Gasteiger partial charge in [-0.1, -0.05) is 6.07 Å². The van der Waals surface area contributed by atoms with Crippen LogP contribution in [0.5, 0.6) is 0 Å². The quantitative estimate of drug-likeness (QED) is 0.722. The number of nitrogens with zero attached hydrogens (tertiary/aromatic N) is 1. The first-order valence-electron chi connectivity index (χ1n) is 6.47. The zero-order valence-corrected chi connectivity index (χ0v) is 12.1. The van der Waals surface area contributed by atoms with E-state index in [0.717, 1.165) is 0 Å². The van der Waals surface area contributed by atoms with E-state index in [9.17, 15) is 9.90 Å². The first kappa shape index (κ1) is 14.5. The molecule has 1 amide bonds. The van der Waals surface area contributed by atoms with Crippen molar-refractivity contribution in [1.82, 2.24) is 15.5 Å². The summed E-state index contributed by atoms with van der Waals surface area (Å²) in [6, 6.07) is 4.03. The minimum absolute atomic E-state index is 0.0278. The average molecular weight is 283 g/mol.